The fourth-order valence-corrected chi connectivity index (χ4v) is 5.39. The Bertz CT molecular complexity index is 1290. The highest BCUT2D eigenvalue weighted by molar-refractivity contribution is 7.71. The number of aryl methyl sites for hydroxylation is 1. The highest BCUT2D eigenvalue weighted by Crippen LogP contribution is 2.26. The quantitative estimate of drug-likeness (QED) is 0.351. The van der Waals surface area contributed by atoms with Gasteiger partial charge in [-0.2, -0.15) is 5.10 Å². The van der Waals surface area contributed by atoms with Crippen molar-refractivity contribution in [3.05, 3.63) is 76.3 Å². The Morgan fingerprint density at radius 2 is 1.68 bits per heavy atom. The monoisotopic (exact) mass is 492 g/mol. The molecule has 3 heterocycles. The van der Waals surface area contributed by atoms with Crippen molar-refractivity contribution < 1.29 is 4.74 Å². The Labute approximate surface area is 208 Å². The van der Waals surface area contributed by atoms with Crippen molar-refractivity contribution in [1.29, 1.82) is 0 Å². The Kier molecular flexibility index (Phi) is 6.87. The first-order valence-corrected chi connectivity index (χ1v) is 12.6. The summed E-state index contributed by atoms with van der Waals surface area (Å²) in [5.41, 5.74) is 3.31. The van der Waals surface area contributed by atoms with Gasteiger partial charge in [0, 0.05) is 49.4 Å². The van der Waals surface area contributed by atoms with Gasteiger partial charge in [0.15, 0.2) is 0 Å². The average Bonchev–Trinajstić information content (AvgIpc) is 3.44. The van der Waals surface area contributed by atoms with E-state index in [1.54, 1.807) is 18.4 Å². The van der Waals surface area contributed by atoms with Gasteiger partial charge in [-0.3, -0.25) is 14.4 Å². The predicted octanol–water partition coefficient (Wildman–Crippen LogP) is 4.62. The predicted molar refractivity (Wildman–Crippen MR) is 138 cm³/mol. The van der Waals surface area contributed by atoms with Crippen LogP contribution in [0.4, 0.5) is 0 Å². The molecule has 0 saturated carbocycles. The van der Waals surface area contributed by atoms with Gasteiger partial charge in [-0.15, -0.1) is 11.3 Å². The molecule has 2 aromatic carbocycles. The van der Waals surface area contributed by atoms with Crippen LogP contribution in [0.5, 0.6) is 5.75 Å². The van der Waals surface area contributed by atoms with Gasteiger partial charge in [-0.05, 0) is 55.5 Å². The minimum Gasteiger partial charge on any atom is -0.497 e. The molecule has 2 aromatic heterocycles. The standard InChI is InChI=1S/C25H28N6OS2/c1-19-27-30(25(33)31(19)22-6-4-3-5-7-22)18-29-14-12-28(13-15-29)16-21-17-34-24(26-21)20-8-10-23(32-2)11-9-20/h3-11,17H,12-16,18H2,1-2H3. The molecule has 0 spiro atoms. The summed E-state index contributed by atoms with van der Waals surface area (Å²) in [7, 11) is 1.68. The van der Waals surface area contributed by atoms with Crippen LogP contribution in [0, 0.1) is 11.7 Å². The molecule has 1 saturated heterocycles. The highest BCUT2D eigenvalue weighted by atomic mass is 32.1. The van der Waals surface area contributed by atoms with Crippen LogP contribution in [0.25, 0.3) is 16.3 Å². The molecular weight excluding hydrogens is 464 g/mol. The lowest BCUT2D eigenvalue weighted by molar-refractivity contribution is 0.0974. The van der Waals surface area contributed by atoms with Gasteiger partial charge >= 0.3 is 0 Å². The second-order valence-corrected chi connectivity index (χ2v) is 9.63. The number of aromatic nitrogens is 4. The molecule has 1 aliphatic rings. The molecule has 0 aliphatic carbocycles. The van der Waals surface area contributed by atoms with Crippen molar-refractivity contribution in [1.82, 2.24) is 29.1 Å². The van der Waals surface area contributed by atoms with Crippen molar-refractivity contribution in [2.24, 2.45) is 0 Å². The normalized spacial score (nSPS) is 15.0. The van der Waals surface area contributed by atoms with E-state index >= 15 is 0 Å². The van der Waals surface area contributed by atoms with Gasteiger partial charge in [0.25, 0.3) is 0 Å². The summed E-state index contributed by atoms with van der Waals surface area (Å²) in [5, 5.41) is 7.94. The molecule has 0 N–H and O–H groups in total. The number of thiazole rings is 1. The van der Waals surface area contributed by atoms with Crippen molar-refractivity contribution in [2.75, 3.05) is 33.3 Å². The van der Waals surface area contributed by atoms with Gasteiger partial charge in [-0.25, -0.2) is 9.67 Å². The molecule has 7 nitrogen and oxygen atoms in total. The largest absolute Gasteiger partial charge is 0.497 e. The lowest BCUT2D eigenvalue weighted by Crippen LogP contribution is -2.46. The summed E-state index contributed by atoms with van der Waals surface area (Å²) in [6.07, 6.45) is 0. The number of rotatable bonds is 7. The highest BCUT2D eigenvalue weighted by Gasteiger charge is 2.20. The van der Waals surface area contributed by atoms with Crippen molar-refractivity contribution in [3.63, 3.8) is 0 Å². The van der Waals surface area contributed by atoms with E-state index in [-0.39, 0.29) is 0 Å². The third kappa shape index (κ3) is 4.97. The van der Waals surface area contributed by atoms with Crippen LogP contribution in [0.2, 0.25) is 0 Å². The van der Waals surface area contributed by atoms with Gasteiger partial charge in [0.1, 0.15) is 16.6 Å². The number of piperazine rings is 1. The fourth-order valence-electron chi connectivity index (χ4n) is 4.24. The maximum absolute atomic E-state index is 5.74. The van der Waals surface area contributed by atoms with E-state index in [1.807, 2.05) is 46.5 Å². The maximum Gasteiger partial charge on any atom is 0.203 e. The number of para-hydroxylation sites is 1. The number of nitrogens with zero attached hydrogens (tertiary/aromatic N) is 6. The third-order valence-electron chi connectivity index (χ3n) is 6.09. The number of benzene rings is 2. The molecule has 4 aromatic rings. The summed E-state index contributed by atoms with van der Waals surface area (Å²) in [5.74, 6) is 1.77. The zero-order valence-corrected chi connectivity index (χ0v) is 21.1. The lowest BCUT2D eigenvalue weighted by Gasteiger charge is -2.34. The molecule has 0 unspecified atom stereocenters. The average molecular weight is 493 g/mol. The first-order chi connectivity index (χ1) is 16.6. The van der Waals surface area contributed by atoms with E-state index in [0.29, 0.717) is 6.67 Å². The second-order valence-electron chi connectivity index (χ2n) is 8.41. The molecule has 34 heavy (non-hydrogen) atoms. The molecular formula is C25H28N6OS2. The number of hydrogen-bond donors (Lipinski definition) is 0. The first kappa shape index (κ1) is 22.9. The van der Waals surface area contributed by atoms with Gasteiger partial charge in [0.05, 0.1) is 19.5 Å². The van der Waals surface area contributed by atoms with Crippen molar-refractivity contribution in [3.8, 4) is 22.0 Å². The van der Waals surface area contributed by atoms with Crippen LogP contribution in [0.3, 0.4) is 0 Å². The van der Waals surface area contributed by atoms with Crippen LogP contribution in [-0.2, 0) is 13.2 Å². The minimum absolute atomic E-state index is 0.714. The van der Waals surface area contributed by atoms with Crippen molar-refractivity contribution >= 4 is 23.6 Å². The SMILES string of the molecule is COc1ccc(-c2nc(CN3CCN(Cn4nc(C)n(-c5ccccc5)c4=S)CC3)cs2)cc1. The summed E-state index contributed by atoms with van der Waals surface area (Å²) < 4.78 is 9.96. The zero-order valence-electron chi connectivity index (χ0n) is 19.4. The molecule has 176 valence electrons. The smallest absolute Gasteiger partial charge is 0.203 e. The molecule has 0 atom stereocenters. The van der Waals surface area contributed by atoms with Crippen LogP contribution in [-0.4, -0.2) is 62.4 Å². The van der Waals surface area contributed by atoms with Crippen LogP contribution >= 0.6 is 23.6 Å². The topological polar surface area (TPSA) is 51.4 Å². The summed E-state index contributed by atoms with van der Waals surface area (Å²) in [6, 6.07) is 18.3. The van der Waals surface area contributed by atoms with Crippen LogP contribution < -0.4 is 4.74 Å². The van der Waals surface area contributed by atoms with Gasteiger partial charge < -0.3 is 4.74 Å². The van der Waals surface area contributed by atoms with Crippen LogP contribution in [0.1, 0.15) is 11.5 Å². The summed E-state index contributed by atoms with van der Waals surface area (Å²) in [6.45, 7) is 7.56. The minimum atomic E-state index is 0.714. The van der Waals surface area contributed by atoms with E-state index in [1.165, 1.54) is 0 Å². The fraction of sp³-hybridized carbons (Fsp3) is 0.320. The van der Waals surface area contributed by atoms with Gasteiger partial charge in [-0.1, -0.05) is 18.2 Å². The van der Waals surface area contributed by atoms with E-state index in [4.69, 9.17) is 27.0 Å². The number of methoxy groups -OCH3 is 1. The molecule has 9 heteroatoms. The Morgan fingerprint density at radius 1 is 0.971 bits per heavy atom. The van der Waals surface area contributed by atoms with E-state index < -0.39 is 0 Å². The Hall–Kier alpha value is -2.85. The summed E-state index contributed by atoms with van der Waals surface area (Å²) >= 11 is 7.44. The lowest BCUT2D eigenvalue weighted by atomic mass is 10.2. The summed E-state index contributed by atoms with van der Waals surface area (Å²) in [4.78, 5) is 9.74. The van der Waals surface area contributed by atoms with E-state index in [0.717, 1.165) is 71.0 Å². The maximum atomic E-state index is 5.74. The molecule has 1 fully saturated rings. The molecule has 0 radical (unpaired) electrons. The van der Waals surface area contributed by atoms with E-state index in [9.17, 15) is 0 Å². The Balaban J connectivity index is 1.17. The molecule has 1 aliphatic heterocycles. The molecule has 5 rings (SSSR count). The molecule has 0 bridgehead atoms. The second kappa shape index (κ2) is 10.2. The first-order valence-electron chi connectivity index (χ1n) is 11.4. The van der Waals surface area contributed by atoms with E-state index in [2.05, 4.69) is 39.4 Å². The van der Waals surface area contributed by atoms with Crippen LogP contribution in [0.15, 0.2) is 60.0 Å². The van der Waals surface area contributed by atoms with Gasteiger partial charge in [0.2, 0.25) is 4.77 Å². The zero-order chi connectivity index (χ0) is 23.5. The van der Waals surface area contributed by atoms with Crippen molar-refractivity contribution in [2.45, 2.75) is 20.1 Å². The molecule has 0 amide bonds. The third-order valence-corrected chi connectivity index (χ3v) is 7.42. The number of ether oxygens (including phenoxy) is 1. The number of hydrogen-bond acceptors (Lipinski definition) is 7. The Morgan fingerprint density at radius 3 is 2.38 bits per heavy atom.